The van der Waals surface area contributed by atoms with Crippen LogP contribution in [0.25, 0.3) is 0 Å². The number of hydrogen-bond acceptors (Lipinski definition) is 3. The Morgan fingerprint density at radius 3 is 2.24 bits per heavy atom. The van der Waals surface area contributed by atoms with E-state index in [1.807, 2.05) is 37.3 Å². The summed E-state index contributed by atoms with van der Waals surface area (Å²) in [6.07, 6.45) is 0. The van der Waals surface area contributed by atoms with Crippen molar-refractivity contribution in [3.8, 4) is 0 Å². The fourth-order valence-corrected chi connectivity index (χ4v) is 2.26. The molecule has 2 rings (SSSR count). The topological polar surface area (TPSA) is 99.1 Å². The fourth-order valence-electron chi connectivity index (χ4n) is 2.26. The average molecular weight is 283 g/mol. The van der Waals surface area contributed by atoms with Gasteiger partial charge in [-0.05, 0) is 24.1 Å². The summed E-state index contributed by atoms with van der Waals surface area (Å²) in [6.45, 7) is 3.56. The molecule has 0 aliphatic heterocycles. The van der Waals surface area contributed by atoms with E-state index in [0.717, 1.165) is 5.56 Å². The standard InChI is InChI=1S/C16H17N3O2/c1-9(11-6-4-3-5-7-11)13-8-12(15(17)20)10(2)14(19-13)16(18)21/h3-9H,1-2H3,(H2,17,20)(H2,18,21). The van der Waals surface area contributed by atoms with Crippen LogP contribution in [0.1, 0.15) is 50.5 Å². The van der Waals surface area contributed by atoms with Crippen LogP contribution in [0, 0.1) is 6.92 Å². The highest BCUT2D eigenvalue weighted by atomic mass is 16.1. The van der Waals surface area contributed by atoms with Crippen molar-refractivity contribution in [2.45, 2.75) is 19.8 Å². The minimum absolute atomic E-state index is 0.0806. The molecular formula is C16H17N3O2. The van der Waals surface area contributed by atoms with Gasteiger partial charge in [-0.25, -0.2) is 4.98 Å². The molecule has 0 saturated carbocycles. The summed E-state index contributed by atoms with van der Waals surface area (Å²) in [4.78, 5) is 27.4. The lowest BCUT2D eigenvalue weighted by atomic mass is 9.94. The molecule has 0 spiro atoms. The van der Waals surface area contributed by atoms with Crippen molar-refractivity contribution in [1.82, 2.24) is 4.98 Å². The van der Waals surface area contributed by atoms with E-state index in [2.05, 4.69) is 4.98 Å². The lowest BCUT2D eigenvalue weighted by Gasteiger charge is -2.15. The maximum Gasteiger partial charge on any atom is 0.267 e. The average Bonchev–Trinajstić information content (AvgIpc) is 2.47. The molecule has 5 nitrogen and oxygen atoms in total. The quantitative estimate of drug-likeness (QED) is 0.893. The van der Waals surface area contributed by atoms with Gasteiger partial charge in [0.25, 0.3) is 5.91 Å². The van der Waals surface area contributed by atoms with E-state index >= 15 is 0 Å². The largest absolute Gasteiger partial charge is 0.366 e. The fraction of sp³-hybridized carbons (Fsp3) is 0.188. The Kier molecular flexibility index (Phi) is 4.03. The van der Waals surface area contributed by atoms with Gasteiger partial charge in [0.05, 0.1) is 0 Å². The molecule has 0 aliphatic carbocycles. The number of amides is 2. The van der Waals surface area contributed by atoms with Crippen molar-refractivity contribution in [3.05, 3.63) is 64.5 Å². The van der Waals surface area contributed by atoms with Crippen molar-refractivity contribution in [1.29, 1.82) is 0 Å². The van der Waals surface area contributed by atoms with E-state index in [9.17, 15) is 9.59 Å². The predicted molar refractivity (Wildman–Crippen MR) is 80.0 cm³/mol. The first-order chi connectivity index (χ1) is 9.91. The molecule has 108 valence electrons. The summed E-state index contributed by atoms with van der Waals surface area (Å²) >= 11 is 0. The number of primary amides is 2. The van der Waals surface area contributed by atoms with E-state index in [1.165, 1.54) is 0 Å². The summed E-state index contributed by atoms with van der Waals surface area (Å²) in [5.74, 6) is -1.35. The number of aromatic nitrogens is 1. The van der Waals surface area contributed by atoms with Gasteiger partial charge in [-0.3, -0.25) is 9.59 Å². The van der Waals surface area contributed by atoms with Gasteiger partial charge in [-0.15, -0.1) is 0 Å². The van der Waals surface area contributed by atoms with Crippen LogP contribution in [0.5, 0.6) is 0 Å². The molecule has 0 radical (unpaired) electrons. The molecular weight excluding hydrogens is 266 g/mol. The minimum atomic E-state index is -0.669. The number of nitrogens with zero attached hydrogens (tertiary/aromatic N) is 1. The van der Waals surface area contributed by atoms with Crippen LogP contribution in [0.15, 0.2) is 36.4 Å². The highest BCUT2D eigenvalue weighted by Gasteiger charge is 2.19. The minimum Gasteiger partial charge on any atom is -0.366 e. The molecule has 2 amide bonds. The molecule has 1 unspecified atom stereocenters. The maximum absolute atomic E-state index is 11.6. The first-order valence-electron chi connectivity index (χ1n) is 6.58. The molecule has 1 aromatic heterocycles. The Balaban J connectivity index is 2.59. The van der Waals surface area contributed by atoms with E-state index in [0.29, 0.717) is 11.3 Å². The lowest BCUT2D eigenvalue weighted by molar-refractivity contribution is 0.0994. The first-order valence-corrected chi connectivity index (χ1v) is 6.58. The van der Waals surface area contributed by atoms with Crippen LogP contribution < -0.4 is 11.5 Å². The van der Waals surface area contributed by atoms with Crippen molar-refractivity contribution in [3.63, 3.8) is 0 Å². The van der Waals surface area contributed by atoms with Gasteiger partial charge in [0, 0.05) is 17.2 Å². The van der Waals surface area contributed by atoms with Gasteiger partial charge in [0.1, 0.15) is 5.69 Å². The highest BCUT2D eigenvalue weighted by molar-refractivity contribution is 5.99. The van der Waals surface area contributed by atoms with Gasteiger partial charge >= 0.3 is 0 Å². The summed E-state index contributed by atoms with van der Waals surface area (Å²) < 4.78 is 0. The number of hydrogen-bond donors (Lipinski definition) is 2. The Bertz CT molecular complexity index is 661. The number of carbonyl (C=O) groups excluding carboxylic acids is 2. The zero-order valence-electron chi connectivity index (χ0n) is 12.0. The molecule has 0 bridgehead atoms. The van der Waals surface area contributed by atoms with Crippen molar-refractivity contribution >= 4 is 11.8 Å². The van der Waals surface area contributed by atoms with Crippen LogP contribution in [0.4, 0.5) is 0 Å². The third kappa shape index (κ3) is 2.91. The molecule has 5 heteroatoms. The molecule has 0 saturated heterocycles. The number of benzene rings is 1. The third-order valence-electron chi connectivity index (χ3n) is 3.53. The highest BCUT2D eigenvalue weighted by Crippen LogP contribution is 2.25. The number of carbonyl (C=O) groups is 2. The van der Waals surface area contributed by atoms with Crippen LogP contribution in [0.3, 0.4) is 0 Å². The van der Waals surface area contributed by atoms with Gasteiger partial charge in [0.15, 0.2) is 0 Å². The summed E-state index contributed by atoms with van der Waals surface area (Å²) in [7, 11) is 0. The van der Waals surface area contributed by atoms with Crippen LogP contribution >= 0.6 is 0 Å². The monoisotopic (exact) mass is 283 g/mol. The third-order valence-corrected chi connectivity index (χ3v) is 3.53. The molecule has 0 fully saturated rings. The molecule has 1 heterocycles. The lowest BCUT2D eigenvalue weighted by Crippen LogP contribution is -2.21. The summed E-state index contributed by atoms with van der Waals surface area (Å²) in [5.41, 5.74) is 13.1. The van der Waals surface area contributed by atoms with Crippen molar-refractivity contribution in [2.24, 2.45) is 11.5 Å². The van der Waals surface area contributed by atoms with Gasteiger partial charge in [-0.1, -0.05) is 37.3 Å². The molecule has 4 N–H and O–H groups in total. The molecule has 2 aromatic rings. The zero-order chi connectivity index (χ0) is 15.6. The van der Waals surface area contributed by atoms with E-state index < -0.39 is 11.8 Å². The second kappa shape index (κ2) is 5.75. The Morgan fingerprint density at radius 2 is 1.71 bits per heavy atom. The van der Waals surface area contributed by atoms with Crippen molar-refractivity contribution in [2.75, 3.05) is 0 Å². The SMILES string of the molecule is Cc1c(C(N)=O)cc(C(C)c2ccccc2)nc1C(N)=O. The van der Waals surface area contributed by atoms with Crippen LogP contribution in [0.2, 0.25) is 0 Å². The number of pyridine rings is 1. The molecule has 21 heavy (non-hydrogen) atoms. The normalized spacial score (nSPS) is 11.9. The maximum atomic E-state index is 11.6. The van der Waals surface area contributed by atoms with Gasteiger partial charge < -0.3 is 11.5 Å². The zero-order valence-corrected chi connectivity index (χ0v) is 12.0. The molecule has 0 aliphatic rings. The molecule has 1 atom stereocenters. The Labute approximate surface area is 123 Å². The van der Waals surface area contributed by atoms with Crippen LogP contribution in [-0.2, 0) is 0 Å². The second-order valence-corrected chi connectivity index (χ2v) is 4.93. The van der Waals surface area contributed by atoms with Crippen molar-refractivity contribution < 1.29 is 9.59 Å². The number of rotatable bonds is 4. The first kappa shape index (κ1) is 14.7. The Hall–Kier alpha value is -2.69. The van der Waals surface area contributed by atoms with E-state index in [4.69, 9.17) is 11.5 Å². The summed E-state index contributed by atoms with van der Waals surface area (Å²) in [6, 6.07) is 11.3. The van der Waals surface area contributed by atoms with Gasteiger partial charge in [0.2, 0.25) is 5.91 Å². The predicted octanol–water partition coefficient (Wildman–Crippen LogP) is 1.74. The summed E-state index contributed by atoms with van der Waals surface area (Å²) in [5, 5.41) is 0. The van der Waals surface area contributed by atoms with E-state index in [1.54, 1.807) is 13.0 Å². The smallest absolute Gasteiger partial charge is 0.267 e. The number of nitrogens with two attached hydrogens (primary N) is 2. The van der Waals surface area contributed by atoms with Crippen LogP contribution in [-0.4, -0.2) is 16.8 Å². The molecule has 1 aromatic carbocycles. The Morgan fingerprint density at radius 1 is 1.10 bits per heavy atom. The van der Waals surface area contributed by atoms with Gasteiger partial charge in [-0.2, -0.15) is 0 Å². The van der Waals surface area contributed by atoms with E-state index in [-0.39, 0.29) is 17.2 Å². The second-order valence-electron chi connectivity index (χ2n) is 4.93.